The van der Waals surface area contributed by atoms with Gasteiger partial charge in [0.15, 0.2) is 5.75 Å². The van der Waals surface area contributed by atoms with Gasteiger partial charge in [0, 0.05) is 21.9 Å². The van der Waals surface area contributed by atoms with Crippen LogP contribution in [0, 0.1) is 0 Å². The van der Waals surface area contributed by atoms with Crippen molar-refractivity contribution in [2.24, 2.45) is 0 Å². The van der Waals surface area contributed by atoms with Gasteiger partial charge in [0.2, 0.25) is 0 Å². The van der Waals surface area contributed by atoms with Crippen molar-refractivity contribution in [2.45, 2.75) is 19.4 Å². The molecule has 0 spiro atoms. The van der Waals surface area contributed by atoms with Crippen LogP contribution in [0.2, 0.25) is 0 Å². The second kappa shape index (κ2) is 4.62. The van der Waals surface area contributed by atoms with Crippen LogP contribution in [0.15, 0.2) is 36.4 Å². The number of hydrogen-bond acceptors (Lipinski definition) is 3. The molecule has 4 rings (SSSR count). The summed E-state index contributed by atoms with van der Waals surface area (Å²) in [7, 11) is 1.39. The van der Waals surface area contributed by atoms with Gasteiger partial charge in [-0.05, 0) is 32.1 Å². The van der Waals surface area contributed by atoms with Crippen molar-refractivity contribution in [1.29, 1.82) is 0 Å². The van der Waals surface area contributed by atoms with Crippen LogP contribution < -0.4 is 4.74 Å². The van der Waals surface area contributed by atoms with Gasteiger partial charge < -0.3 is 14.5 Å². The minimum atomic E-state index is -0.340. The Labute approximate surface area is 133 Å². The van der Waals surface area contributed by atoms with Gasteiger partial charge in [-0.3, -0.25) is 0 Å². The van der Waals surface area contributed by atoms with E-state index in [0.717, 1.165) is 33.1 Å². The van der Waals surface area contributed by atoms with E-state index in [-0.39, 0.29) is 11.6 Å². The third-order valence-electron chi connectivity index (χ3n) is 4.21. The summed E-state index contributed by atoms with van der Waals surface area (Å²) < 4.78 is 10.9. The molecule has 3 aromatic rings. The van der Waals surface area contributed by atoms with Crippen molar-refractivity contribution >= 4 is 33.9 Å². The molecule has 1 aliphatic rings. The molecule has 0 saturated heterocycles. The van der Waals surface area contributed by atoms with Gasteiger partial charge in [-0.2, -0.15) is 0 Å². The number of ether oxygens (including phenoxy) is 2. The summed E-state index contributed by atoms with van der Waals surface area (Å²) in [6.45, 7) is 4.06. The zero-order valence-corrected chi connectivity index (χ0v) is 13.3. The first-order valence-corrected chi connectivity index (χ1v) is 7.53. The summed E-state index contributed by atoms with van der Waals surface area (Å²) in [6.07, 6.45) is 4.14. The second-order valence-electron chi connectivity index (χ2n) is 6.32. The quantitative estimate of drug-likeness (QED) is 0.682. The predicted molar refractivity (Wildman–Crippen MR) is 90.9 cm³/mol. The molecule has 23 heavy (non-hydrogen) atoms. The highest BCUT2D eigenvalue weighted by Gasteiger charge is 2.24. The van der Waals surface area contributed by atoms with E-state index in [4.69, 9.17) is 9.47 Å². The van der Waals surface area contributed by atoms with Gasteiger partial charge >= 0.3 is 5.97 Å². The summed E-state index contributed by atoms with van der Waals surface area (Å²) in [5, 5.41) is 2.15. The molecule has 0 bridgehead atoms. The molecule has 0 unspecified atom stereocenters. The summed E-state index contributed by atoms with van der Waals surface area (Å²) in [6, 6.07) is 9.68. The molecule has 1 aromatic heterocycles. The fourth-order valence-corrected chi connectivity index (χ4v) is 3.04. The number of esters is 1. The zero-order valence-electron chi connectivity index (χ0n) is 13.3. The Morgan fingerprint density at radius 2 is 1.96 bits per heavy atom. The van der Waals surface area contributed by atoms with Gasteiger partial charge in [-0.25, -0.2) is 4.79 Å². The van der Waals surface area contributed by atoms with Crippen molar-refractivity contribution in [1.82, 2.24) is 4.98 Å². The summed E-state index contributed by atoms with van der Waals surface area (Å²) in [5.74, 6) is 0.513. The lowest BCUT2D eigenvalue weighted by Gasteiger charge is -2.28. The largest absolute Gasteiger partial charge is 0.481 e. The average molecular weight is 307 g/mol. The van der Waals surface area contributed by atoms with E-state index in [1.807, 2.05) is 26.0 Å². The highest BCUT2D eigenvalue weighted by Crippen LogP contribution is 2.39. The first-order valence-electron chi connectivity index (χ1n) is 7.53. The number of aromatic amines is 1. The Kier molecular flexibility index (Phi) is 2.79. The number of hydrogen-bond donors (Lipinski definition) is 1. The number of nitrogens with one attached hydrogen (secondary N) is 1. The van der Waals surface area contributed by atoms with Crippen LogP contribution in [0.25, 0.3) is 27.9 Å². The monoisotopic (exact) mass is 307 g/mol. The van der Waals surface area contributed by atoms with Crippen LogP contribution >= 0.6 is 0 Å². The lowest BCUT2D eigenvalue weighted by Crippen LogP contribution is -2.27. The van der Waals surface area contributed by atoms with Gasteiger partial charge in [0.25, 0.3) is 0 Å². The summed E-state index contributed by atoms with van der Waals surface area (Å²) in [5.41, 5.74) is 3.10. The molecule has 1 N–H and O–H groups in total. The minimum absolute atomic E-state index is 0.338. The van der Waals surface area contributed by atoms with Crippen molar-refractivity contribution < 1.29 is 14.3 Å². The molecule has 0 atom stereocenters. The summed E-state index contributed by atoms with van der Waals surface area (Å²) >= 11 is 0. The van der Waals surface area contributed by atoms with Crippen LogP contribution in [-0.2, 0) is 4.74 Å². The van der Waals surface area contributed by atoms with E-state index in [1.54, 1.807) is 6.07 Å². The number of H-pyrrole nitrogens is 1. The fourth-order valence-electron chi connectivity index (χ4n) is 3.04. The Hall–Kier alpha value is -2.75. The number of benzene rings is 2. The van der Waals surface area contributed by atoms with Gasteiger partial charge in [-0.15, -0.1) is 0 Å². The van der Waals surface area contributed by atoms with Crippen LogP contribution in [0.3, 0.4) is 0 Å². The van der Waals surface area contributed by atoms with E-state index >= 15 is 0 Å². The molecule has 0 radical (unpaired) electrons. The normalized spacial score (nSPS) is 15.4. The molecule has 0 saturated carbocycles. The first-order chi connectivity index (χ1) is 11.0. The molecular weight excluding hydrogens is 290 g/mol. The van der Waals surface area contributed by atoms with Crippen molar-refractivity contribution in [3.63, 3.8) is 0 Å². The number of carbonyl (C=O) groups is 1. The maximum atomic E-state index is 11.7. The molecule has 2 heterocycles. The molecule has 1 aliphatic heterocycles. The number of methoxy groups -OCH3 is 1. The molecular formula is C19H17NO3. The predicted octanol–water partition coefficient (Wildman–Crippen LogP) is 4.29. The van der Waals surface area contributed by atoms with E-state index < -0.39 is 0 Å². The Bertz CT molecular complexity index is 979. The average Bonchev–Trinajstić information content (AvgIpc) is 2.91. The summed E-state index contributed by atoms with van der Waals surface area (Å²) in [4.78, 5) is 15.1. The number of rotatable bonds is 1. The molecule has 116 valence electrons. The van der Waals surface area contributed by atoms with Crippen molar-refractivity contribution in [3.05, 3.63) is 47.5 Å². The third kappa shape index (κ3) is 2.10. The Morgan fingerprint density at radius 3 is 2.74 bits per heavy atom. The van der Waals surface area contributed by atoms with Crippen molar-refractivity contribution in [3.8, 4) is 5.75 Å². The van der Waals surface area contributed by atoms with Crippen molar-refractivity contribution in [2.75, 3.05) is 7.11 Å². The zero-order chi connectivity index (χ0) is 16.2. The molecule has 4 heteroatoms. The Balaban J connectivity index is 1.98. The SMILES string of the molecule is COC(=O)c1ccc2c(c1)[nH]c1c3c(ccc12)C=CC(C)(C)O3. The molecule has 4 nitrogen and oxygen atoms in total. The minimum Gasteiger partial charge on any atom is -0.481 e. The van der Waals surface area contributed by atoms with Crippen LogP contribution in [-0.4, -0.2) is 23.7 Å². The lowest BCUT2D eigenvalue weighted by atomic mass is 10.0. The smallest absolute Gasteiger partial charge is 0.337 e. The van der Waals surface area contributed by atoms with E-state index in [1.165, 1.54) is 7.11 Å². The number of carbonyl (C=O) groups excluding carboxylic acids is 1. The second-order valence-corrected chi connectivity index (χ2v) is 6.32. The Morgan fingerprint density at radius 1 is 1.17 bits per heavy atom. The standard InChI is InChI=1S/C19H17NO3/c1-19(2)9-8-11-4-7-14-13-6-5-12(18(21)22-3)10-15(13)20-16(14)17(11)23-19/h4-10,20H,1-3H3. The maximum absolute atomic E-state index is 11.7. The number of aromatic nitrogens is 1. The highest BCUT2D eigenvalue weighted by molar-refractivity contribution is 6.11. The third-order valence-corrected chi connectivity index (χ3v) is 4.21. The van der Waals surface area contributed by atoms with Crippen LogP contribution in [0.4, 0.5) is 0 Å². The van der Waals surface area contributed by atoms with Gasteiger partial charge in [-0.1, -0.05) is 24.3 Å². The topological polar surface area (TPSA) is 51.3 Å². The maximum Gasteiger partial charge on any atom is 0.337 e. The molecule has 0 aliphatic carbocycles. The lowest BCUT2D eigenvalue weighted by molar-refractivity contribution is 0.0601. The van der Waals surface area contributed by atoms with E-state index in [2.05, 4.69) is 29.3 Å². The highest BCUT2D eigenvalue weighted by atomic mass is 16.5. The van der Waals surface area contributed by atoms with E-state index in [9.17, 15) is 4.79 Å². The molecule has 0 amide bonds. The van der Waals surface area contributed by atoms with Gasteiger partial charge in [0.1, 0.15) is 5.60 Å². The molecule has 0 fully saturated rings. The molecule has 2 aromatic carbocycles. The first kappa shape index (κ1) is 13.9. The number of fused-ring (bicyclic) bond motifs is 5. The fraction of sp³-hybridized carbons (Fsp3) is 0.211. The van der Waals surface area contributed by atoms with E-state index in [0.29, 0.717) is 5.56 Å². The van der Waals surface area contributed by atoms with Crippen LogP contribution in [0.1, 0.15) is 29.8 Å². The van der Waals surface area contributed by atoms with Gasteiger partial charge in [0.05, 0.1) is 18.2 Å². The van der Waals surface area contributed by atoms with Crippen LogP contribution in [0.5, 0.6) is 5.75 Å².